The summed E-state index contributed by atoms with van der Waals surface area (Å²) in [6, 6.07) is 8.36. The van der Waals surface area contributed by atoms with Crippen LogP contribution in [0.5, 0.6) is 0 Å². The number of amides is 1. The van der Waals surface area contributed by atoms with E-state index in [1.54, 1.807) is 0 Å². The predicted molar refractivity (Wildman–Crippen MR) is 91.0 cm³/mol. The molecule has 4 nitrogen and oxygen atoms in total. The van der Waals surface area contributed by atoms with Crippen molar-refractivity contribution in [3.63, 3.8) is 0 Å². The summed E-state index contributed by atoms with van der Waals surface area (Å²) >= 11 is 4.62. The first-order chi connectivity index (χ1) is 10.7. The zero-order valence-electron chi connectivity index (χ0n) is 12.2. The lowest BCUT2D eigenvalue weighted by Crippen LogP contribution is -2.51. The van der Waals surface area contributed by atoms with Gasteiger partial charge in [-0.2, -0.15) is 0 Å². The standard InChI is InChI=1S/C16H18BrN3OS/c17-13-6-4-12(5-7-13)10-16(8-2-1-3-9-16)19-15(21)14-11-18-20-22-14/h4-7,11H,1-3,8-10H2,(H,19,21). The van der Waals surface area contributed by atoms with Gasteiger partial charge in [0.15, 0.2) is 0 Å². The molecule has 1 aliphatic carbocycles. The zero-order chi connectivity index (χ0) is 15.4. The molecular formula is C16H18BrN3OS. The number of nitrogens with one attached hydrogen (secondary N) is 1. The van der Waals surface area contributed by atoms with Crippen LogP contribution in [0.3, 0.4) is 0 Å². The van der Waals surface area contributed by atoms with Gasteiger partial charge >= 0.3 is 0 Å². The van der Waals surface area contributed by atoms with E-state index >= 15 is 0 Å². The third-order valence-electron chi connectivity index (χ3n) is 4.23. The Balaban J connectivity index is 1.78. The molecule has 0 radical (unpaired) electrons. The molecule has 1 aromatic heterocycles. The summed E-state index contributed by atoms with van der Waals surface area (Å²) in [4.78, 5) is 13.0. The maximum Gasteiger partial charge on any atom is 0.265 e. The highest BCUT2D eigenvalue weighted by Gasteiger charge is 2.34. The number of carbonyl (C=O) groups excluding carboxylic acids is 1. The van der Waals surface area contributed by atoms with E-state index in [1.165, 1.54) is 18.2 Å². The second-order valence-electron chi connectivity index (χ2n) is 5.88. The summed E-state index contributed by atoms with van der Waals surface area (Å²) in [6.45, 7) is 0. The van der Waals surface area contributed by atoms with Gasteiger partial charge in [0.25, 0.3) is 5.91 Å². The van der Waals surface area contributed by atoms with Crippen molar-refractivity contribution < 1.29 is 4.79 Å². The molecule has 1 N–H and O–H groups in total. The minimum Gasteiger partial charge on any atom is -0.345 e. The van der Waals surface area contributed by atoms with E-state index in [0.29, 0.717) is 4.88 Å². The number of hydrogen-bond donors (Lipinski definition) is 1. The van der Waals surface area contributed by atoms with Crippen LogP contribution in [-0.2, 0) is 6.42 Å². The molecule has 2 aromatic rings. The number of nitrogens with zero attached hydrogens (tertiary/aromatic N) is 2. The number of hydrogen-bond acceptors (Lipinski definition) is 4. The van der Waals surface area contributed by atoms with Crippen molar-refractivity contribution in [2.75, 3.05) is 0 Å². The number of rotatable bonds is 4. The number of benzene rings is 1. The molecule has 0 bridgehead atoms. The Morgan fingerprint density at radius 1 is 1.23 bits per heavy atom. The van der Waals surface area contributed by atoms with Crippen molar-refractivity contribution in [2.24, 2.45) is 0 Å². The summed E-state index contributed by atoms with van der Waals surface area (Å²) < 4.78 is 4.86. The Labute approximate surface area is 142 Å². The lowest BCUT2D eigenvalue weighted by molar-refractivity contribution is 0.0872. The molecule has 0 spiro atoms. The largest absolute Gasteiger partial charge is 0.345 e. The highest BCUT2D eigenvalue weighted by Crippen LogP contribution is 2.32. The normalized spacial score (nSPS) is 17.1. The van der Waals surface area contributed by atoms with Crippen LogP contribution in [0.2, 0.25) is 0 Å². The van der Waals surface area contributed by atoms with E-state index in [4.69, 9.17) is 0 Å². The van der Waals surface area contributed by atoms with Crippen molar-refractivity contribution in [1.29, 1.82) is 0 Å². The number of halogens is 1. The van der Waals surface area contributed by atoms with E-state index in [1.807, 2.05) is 0 Å². The molecule has 0 atom stereocenters. The van der Waals surface area contributed by atoms with Crippen LogP contribution in [0.15, 0.2) is 34.9 Å². The Kier molecular flexibility index (Phi) is 4.88. The van der Waals surface area contributed by atoms with Gasteiger partial charge in [0.05, 0.1) is 6.20 Å². The van der Waals surface area contributed by atoms with Crippen LogP contribution in [0, 0.1) is 0 Å². The molecule has 1 fully saturated rings. The summed E-state index contributed by atoms with van der Waals surface area (Å²) in [7, 11) is 0. The minimum atomic E-state index is -0.146. The second-order valence-corrected chi connectivity index (χ2v) is 7.58. The van der Waals surface area contributed by atoms with E-state index in [-0.39, 0.29) is 11.4 Å². The third-order valence-corrected chi connectivity index (χ3v) is 5.42. The fourth-order valence-electron chi connectivity index (χ4n) is 3.14. The molecule has 22 heavy (non-hydrogen) atoms. The van der Waals surface area contributed by atoms with Crippen LogP contribution in [0.4, 0.5) is 0 Å². The highest BCUT2D eigenvalue weighted by molar-refractivity contribution is 9.10. The Morgan fingerprint density at radius 2 is 1.95 bits per heavy atom. The van der Waals surface area contributed by atoms with Crippen molar-refractivity contribution in [3.05, 3.63) is 45.4 Å². The van der Waals surface area contributed by atoms with Gasteiger partial charge in [-0.05, 0) is 48.5 Å². The van der Waals surface area contributed by atoms with Gasteiger partial charge in [-0.15, -0.1) is 5.10 Å². The topological polar surface area (TPSA) is 54.9 Å². The third kappa shape index (κ3) is 3.73. The maximum atomic E-state index is 12.4. The Morgan fingerprint density at radius 3 is 2.59 bits per heavy atom. The van der Waals surface area contributed by atoms with Crippen LogP contribution in [-0.4, -0.2) is 21.0 Å². The monoisotopic (exact) mass is 379 g/mol. The first-order valence-electron chi connectivity index (χ1n) is 7.51. The Bertz CT molecular complexity index is 621. The van der Waals surface area contributed by atoms with Crippen LogP contribution in [0.25, 0.3) is 0 Å². The van der Waals surface area contributed by atoms with Crippen LogP contribution < -0.4 is 5.32 Å². The fourth-order valence-corrected chi connectivity index (χ4v) is 3.81. The van der Waals surface area contributed by atoms with Gasteiger partial charge in [-0.3, -0.25) is 4.79 Å². The lowest BCUT2D eigenvalue weighted by Gasteiger charge is -2.38. The summed E-state index contributed by atoms with van der Waals surface area (Å²) in [5.74, 6) is -0.0472. The predicted octanol–water partition coefficient (Wildman–Crippen LogP) is 3.98. The van der Waals surface area contributed by atoms with Crippen molar-refractivity contribution in [3.8, 4) is 0 Å². The summed E-state index contributed by atoms with van der Waals surface area (Å²) in [5, 5.41) is 7.03. The molecule has 1 saturated carbocycles. The van der Waals surface area contributed by atoms with Crippen LogP contribution in [0.1, 0.15) is 47.3 Å². The van der Waals surface area contributed by atoms with E-state index in [2.05, 4.69) is 55.1 Å². The first kappa shape index (κ1) is 15.6. The smallest absolute Gasteiger partial charge is 0.265 e. The van der Waals surface area contributed by atoms with E-state index in [0.717, 1.165) is 48.1 Å². The first-order valence-corrected chi connectivity index (χ1v) is 9.08. The molecule has 1 aliphatic rings. The molecular weight excluding hydrogens is 362 g/mol. The van der Waals surface area contributed by atoms with Gasteiger partial charge in [-0.1, -0.05) is 51.8 Å². The second kappa shape index (κ2) is 6.87. The molecule has 1 aromatic carbocycles. The van der Waals surface area contributed by atoms with Crippen molar-refractivity contribution in [2.45, 2.75) is 44.1 Å². The molecule has 116 valence electrons. The SMILES string of the molecule is O=C(NC1(Cc2ccc(Br)cc2)CCCCC1)c1cnns1. The van der Waals surface area contributed by atoms with Gasteiger partial charge in [0, 0.05) is 10.0 Å². The summed E-state index contributed by atoms with van der Waals surface area (Å²) in [5.41, 5.74) is 1.11. The lowest BCUT2D eigenvalue weighted by atomic mass is 9.77. The van der Waals surface area contributed by atoms with Crippen molar-refractivity contribution in [1.82, 2.24) is 14.9 Å². The van der Waals surface area contributed by atoms with Gasteiger partial charge < -0.3 is 5.32 Å². The Hall–Kier alpha value is -1.27. The quantitative estimate of drug-likeness (QED) is 0.873. The fraction of sp³-hybridized carbons (Fsp3) is 0.438. The average molecular weight is 380 g/mol. The van der Waals surface area contributed by atoms with E-state index < -0.39 is 0 Å². The average Bonchev–Trinajstić information content (AvgIpc) is 3.05. The molecule has 1 amide bonds. The zero-order valence-corrected chi connectivity index (χ0v) is 14.6. The van der Waals surface area contributed by atoms with Crippen molar-refractivity contribution >= 4 is 33.4 Å². The van der Waals surface area contributed by atoms with Gasteiger partial charge in [-0.25, -0.2) is 0 Å². The van der Waals surface area contributed by atoms with Crippen LogP contribution >= 0.6 is 27.5 Å². The molecule has 1 heterocycles. The maximum absolute atomic E-state index is 12.4. The molecule has 0 unspecified atom stereocenters. The van der Waals surface area contributed by atoms with Gasteiger partial charge in [0.2, 0.25) is 0 Å². The summed E-state index contributed by atoms with van der Waals surface area (Å²) in [6.07, 6.45) is 8.05. The van der Waals surface area contributed by atoms with E-state index in [9.17, 15) is 4.79 Å². The molecule has 0 saturated heterocycles. The number of carbonyl (C=O) groups is 1. The van der Waals surface area contributed by atoms with Gasteiger partial charge in [0.1, 0.15) is 4.88 Å². The molecule has 0 aliphatic heterocycles. The molecule has 6 heteroatoms. The minimum absolute atomic E-state index is 0.0472. The number of aromatic nitrogens is 2. The molecule has 3 rings (SSSR count). The highest BCUT2D eigenvalue weighted by atomic mass is 79.9.